The number of amides is 1. The lowest BCUT2D eigenvalue weighted by Gasteiger charge is -2.30. The van der Waals surface area contributed by atoms with Crippen molar-refractivity contribution < 1.29 is 14.7 Å². The molecule has 0 aliphatic heterocycles. The third-order valence-corrected chi connectivity index (χ3v) is 5.78. The number of carbonyl (C=O) groups is 2. The molecule has 0 aromatic heterocycles. The van der Waals surface area contributed by atoms with Gasteiger partial charge in [0.15, 0.2) is 0 Å². The molecule has 2 fully saturated rings. The fraction of sp³-hybridized carbons (Fsp3) is 0.833. The maximum Gasteiger partial charge on any atom is 0.303 e. The molecule has 0 spiro atoms. The second-order valence-corrected chi connectivity index (χ2v) is 7.58. The van der Waals surface area contributed by atoms with Crippen molar-refractivity contribution in [1.82, 2.24) is 5.32 Å². The van der Waals surface area contributed by atoms with Crippen LogP contribution in [0.25, 0.3) is 0 Å². The molecule has 1 amide bonds. The van der Waals surface area contributed by atoms with Crippen molar-refractivity contribution in [3.63, 3.8) is 0 Å². The zero-order chi connectivity index (χ0) is 17.5. The normalized spacial score (nSPS) is 30.5. The van der Waals surface area contributed by atoms with Gasteiger partial charge in [-0.3, -0.25) is 15.0 Å². The smallest absolute Gasteiger partial charge is 0.303 e. The Hall–Kier alpha value is -1.59. The molecular formula is C18H31N3O3. The summed E-state index contributed by atoms with van der Waals surface area (Å²) < 4.78 is 0. The number of hydrogen-bond acceptors (Lipinski definition) is 3. The van der Waals surface area contributed by atoms with Crippen LogP contribution in [0.2, 0.25) is 0 Å². The molecule has 2 atom stereocenters. The van der Waals surface area contributed by atoms with Gasteiger partial charge in [-0.05, 0) is 50.4 Å². The average Bonchev–Trinajstić information content (AvgIpc) is 2.58. The molecule has 0 aromatic rings. The largest absolute Gasteiger partial charge is 0.481 e. The number of rotatable bonds is 7. The van der Waals surface area contributed by atoms with Gasteiger partial charge in [0.2, 0.25) is 5.91 Å². The predicted molar refractivity (Wildman–Crippen MR) is 92.7 cm³/mol. The Labute approximate surface area is 144 Å². The minimum absolute atomic E-state index is 0.000411. The molecule has 5 N–H and O–H groups in total. The van der Waals surface area contributed by atoms with Crippen molar-refractivity contribution in [2.75, 3.05) is 6.54 Å². The Balaban J connectivity index is 1.66. The van der Waals surface area contributed by atoms with Gasteiger partial charge >= 0.3 is 5.97 Å². The quantitative estimate of drug-likeness (QED) is 0.422. The van der Waals surface area contributed by atoms with E-state index in [-0.39, 0.29) is 30.0 Å². The summed E-state index contributed by atoms with van der Waals surface area (Å²) >= 11 is 0. The van der Waals surface area contributed by atoms with Crippen LogP contribution in [0.3, 0.4) is 0 Å². The van der Waals surface area contributed by atoms with Crippen molar-refractivity contribution >= 4 is 17.7 Å². The third-order valence-electron chi connectivity index (χ3n) is 5.78. The first kappa shape index (κ1) is 18.7. The van der Waals surface area contributed by atoms with Crippen LogP contribution in [-0.2, 0) is 9.59 Å². The van der Waals surface area contributed by atoms with E-state index in [9.17, 15) is 9.59 Å². The standard InChI is InChI=1S/C18H31N3O3/c19-17(20)14-2-1-3-15(10-14)18(24)21-11-13-6-4-12(5-7-13)8-9-16(22)23/h12-15H,1-11H2,(H3,19,20)(H,21,24)(H,22,23). The summed E-state index contributed by atoms with van der Waals surface area (Å²) in [5, 5.41) is 19.4. The van der Waals surface area contributed by atoms with E-state index in [1.165, 1.54) is 0 Å². The van der Waals surface area contributed by atoms with Gasteiger partial charge in [0.25, 0.3) is 0 Å². The van der Waals surface area contributed by atoms with Gasteiger partial charge in [-0.25, -0.2) is 0 Å². The van der Waals surface area contributed by atoms with Crippen molar-refractivity contribution in [3.05, 3.63) is 0 Å². The number of amidine groups is 1. The number of hydrogen-bond donors (Lipinski definition) is 4. The molecule has 0 aromatic carbocycles. The topological polar surface area (TPSA) is 116 Å². The summed E-state index contributed by atoms with van der Waals surface area (Å²) in [7, 11) is 0. The van der Waals surface area contributed by atoms with Gasteiger partial charge in [-0.15, -0.1) is 0 Å². The molecule has 2 rings (SSSR count). The maximum absolute atomic E-state index is 12.4. The van der Waals surface area contributed by atoms with Crippen molar-refractivity contribution in [2.45, 2.75) is 64.2 Å². The lowest BCUT2D eigenvalue weighted by Crippen LogP contribution is -2.39. The van der Waals surface area contributed by atoms with Crippen LogP contribution in [0.5, 0.6) is 0 Å². The van der Waals surface area contributed by atoms with E-state index < -0.39 is 5.97 Å². The molecule has 2 unspecified atom stereocenters. The Bertz CT molecular complexity index is 458. The van der Waals surface area contributed by atoms with E-state index in [4.69, 9.17) is 16.2 Å². The molecule has 136 valence electrons. The molecule has 6 heteroatoms. The summed E-state index contributed by atoms with van der Waals surface area (Å²) in [5.74, 6) is 0.741. The van der Waals surface area contributed by atoms with E-state index in [1.54, 1.807) is 0 Å². The number of carbonyl (C=O) groups excluding carboxylic acids is 1. The zero-order valence-corrected chi connectivity index (χ0v) is 14.4. The molecule has 0 bridgehead atoms. The fourth-order valence-corrected chi connectivity index (χ4v) is 4.15. The average molecular weight is 337 g/mol. The number of nitrogens with one attached hydrogen (secondary N) is 2. The van der Waals surface area contributed by atoms with Crippen molar-refractivity contribution in [2.24, 2.45) is 29.4 Å². The number of aliphatic carboxylic acids is 1. The SMILES string of the molecule is N=C(N)C1CCCC(C(=O)NCC2CCC(CCC(=O)O)CC2)C1. The third kappa shape index (κ3) is 5.80. The Morgan fingerprint density at radius 3 is 2.29 bits per heavy atom. The van der Waals surface area contributed by atoms with Gasteiger partial charge in [0.05, 0.1) is 5.84 Å². The summed E-state index contributed by atoms with van der Waals surface area (Å²) in [6.45, 7) is 0.728. The van der Waals surface area contributed by atoms with Crippen LogP contribution in [0.4, 0.5) is 0 Å². The van der Waals surface area contributed by atoms with E-state index in [0.717, 1.165) is 57.9 Å². The van der Waals surface area contributed by atoms with E-state index >= 15 is 0 Å². The van der Waals surface area contributed by atoms with Crippen molar-refractivity contribution in [1.29, 1.82) is 5.41 Å². The van der Waals surface area contributed by atoms with Gasteiger partial charge < -0.3 is 16.2 Å². The Kier molecular flexibility index (Phi) is 7.06. The Morgan fingerprint density at radius 1 is 1.04 bits per heavy atom. The van der Waals surface area contributed by atoms with Gasteiger partial charge in [0.1, 0.15) is 0 Å². The maximum atomic E-state index is 12.4. The van der Waals surface area contributed by atoms with E-state index in [1.807, 2.05) is 0 Å². The molecule has 2 aliphatic carbocycles. The summed E-state index contributed by atoms with van der Waals surface area (Å²) in [4.78, 5) is 23.0. The summed E-state index contributed by atoms with van der Waals surface area (Å²) in [6, 6.07) is 0. The molecule has 6 nitrogen and oxygen atoms in total. The number of nitrogens with two attached hydrogens (primary N) is 1. The molecule has 0 saturated heterocycles. The van der Waals surface area contributed by atoms with Crippen molar-refractivity contribution in [3.8, 4) is 0 Å². The van der Waals surface area contributed by atoms with E-state index in [2.05, 4.69) is 5.32 Å². The van der Waals surface area contributed by atoms with Crippen LogP contribution in [-0.4, -0.2) is 29.4 Å². The van der Waals surface area contributed by atoms with Gasteiger partial charge in [-0.2, -0.15) is 0 Å². The lowest BCUT2D eigenvalue weighted by atomic mass is 9.79. The molecule has 24 heavy (non-hydrogen) atoms. The highest BCUT2D eigenvalue weighted by atomic mass is 16.4. The minimum atomic E-state index is -0.708. The monoisotopic (exact) mass is 337 g/mol. The highest BCUT2D eigenvalue weighted by Crippen LogP contribution is 2.32. The van der Waals surface area contributed by atoms with Crippen LogP contribution < -0.4 is 11.1 Å². The van der Waals surface area contributed by atoms with Gasteiger partial charge in [0, 0.05) is 24.8 Å². The number of carboxylic acid groups (broad SMARTS) is 1. The first-order valence-electron chi connectivity index (χ1n) is 9.29. The Morgan fingerprint density at radius 2 is 1.67 bits per heavy atom. The highest BCUT2D eigenvalue weighted by molar-refractivity contribution is 5.82. The minimum Gasteiger partial charge on any atom is -0.481 e. The first-order chi connectivity index (χ1) is 11.5. The second-order valence-electron chi connectivity index (χ2n) is 7.58. The fourth-order valence-electron chi connectivity index (χ4n) is 4.15. The molecule has 0 radical (unpaired) electrons. The highest BCUT2D eigenvalue weighted by Gasteiger charge is 2.29. The molecule has 2 saturated carbocycles. The van der Waals surface area contributed by atoms with Crippen LogP contribution in [0, 0.1) is 29.1 Å². The molecule has 2 aliphatic rings. The molecular weight excluding hydrogens is 306 g/mol. The van der Waals surface area contributed by atoms with Crippen LogP contribution >= 0.6 is 0 Å². The number of carboxylic acids is 1. The summed E-state index contributed by atoms with van der Waals surface area (Å²) in [5.41, 5.74) is 5.59. The van der Waals surface area contributed by atoms with Gasteiger partial charge in [-0.1, -0.05) is 19.3 Å². The van der Waals surface area contributed by atoms with E-state index in [0.29, 0.717) is 18.3 Å². The summed E-state index contributed by atoms with van der Waals surface area (Å²) in [6.07, 6.45) is 8.86. The van der Waals surface area contributed by atoms with Crippen LogP contribution in [0.15, 0.2) is 0 Å². The second kappa shape index (κ2) is 9.04. The van der Waals surface area contributed by atoms with Crippen LogP contribution in [0.1, 0.15) is 64.2 Å². The lowest BCUT2D eigenvalue weighted by molar-refractivity contribution is -0.137. The first-order valence-corrected chi connectivity index (χ1v) is 9.29. The molecule has 0 heterocycles. The zero-order valence-electron chi connectivity index (χ0n) is 14.4. The predicted octanol–water partition coefficient (Wildman–Crippen LogP) is 2.52.